The average Bonchev–Trinajstić information content (AvgIpc) is 3.81. The monoisotopic (exact) mass is 841 g/mol. The summed E-state index contributed by atoms with van der Waals surface area (Å²) in [7, 11) is 0. The van der Waals surface area contributed by atoms with E-state index in [-0.39, 0.29) is 41.4 Å². The second kappa shape index (κ2) is 17.8. The lowest BCUT2D eigenvalue weighted by Crippen LogP contribution is -2.52. The van der Waals surface area contributed by atoms with Crippen LogP contribution in [0.4, 0.5) is 0 Å². The summed E-state index contributed by atoms with van der Waals surface area (Å²) >= 11 is 1.45. The summed E-state index contributed by atoms with van der Waals surface area (Å²) in [6, 6.07) is 24.8. The highest BCUT2D eigenvalue weighted by Gasteiger charge is 2.39. The Labute approximate surface area is 359 Å². The standard InChI is InChI=1S/C48H51N5O7S/c54-36-7-2-33(3-8-36)46-44(40-13-9-37(55)29-42(40)61-46)45(57)32-4-10-38(11-5-32)60-27-26-52-24-22-51(23-25-52)19-1-18-50-20-16-31(17-21-50)34-6-12-39-35(28-34)30-53(48(39)59)41-14-15-43(56)49-47(41)58/h2-13,28-29,31,41,54-55H,1,14-27,30H2,(H,49,56,58). The fourth-order valence-corrected chi connectivity index (χ4v) is 10.6. The van der Waals surface area contributed by atoms with Gasteiger partial charge >= 0.3 is 0 Å². The molecule has 3 fully saturated rings. The Morgan fingerprint density at radius 3 is 2.16 bits per heavy atom. The van der Waals surface area contributed by atoms with Gasteiger partial charge in [-0.25, -0.2) is 0 Å². The molecule has 3 saturated heterocycles. The van der Waals surface area contributed by atoms with E-state index in [1.54, 1.807) is 47.4 Å². The maximum atomic E-state index is 13.9. The van der Waals surface area contributed by atoms with Crippen molar-refractivity contribution in [1.82, 2.24) is 24.9 Å². The number of likely N-dealkylation sites (tertiary alicyclic amines) is 1. The number of phenolic OH excluding ortho intramolecular Hbond substituents is 2. The lowest BCUT2D eigenvalue weighted by atomic mass is 9.88. The Bertz CT molecular complexity index is 2440. The Kier molecular flexibility index (Phi) is 11.9. The van der Waals surface area contributed by atoms with Crippen LogP contribution in [0.1, 0.15) is 75.4 Å². The number of thiophene rings is 1. The number of phenols is 2. The minimum absolute atomic E-state index is 0.107. The molecule has 4 aliphatic rings. The lowest BCUT2D eigenvalue weighted by molar-refractivity contribution is -0.136. The minimum atomic E-state index is -0.585. The first-order valence-electron chi connectivity index (χ1n) is 21.4. The molecular formula is C48H51N5O7S. The first-order valence-corrected chi connectivity index (χ1v) is 22.3. The van der Waals surface area contributed by atoms with Crippen LogP contribution in [-0.4, -0.2) is 125 Å². The smallest absolute Gasteiger partial charge is 0.255 e. The number of ketones is 1. The number of fused-ring (bicyclic) bond motifs is 2. The topological polar surface area (TPSA) is 143 Å². The third kappa shape index (κ3) is 8.92. The summed E-state index contributed by atoms with van der Waals surface area (Å²) in [4.78, 5) is 61.1. The number of nitrogens with zero attached hydrogens (tertiary/aromatic N) is 4. The van der Waals surface area contributed by atoms with Gasteiger partial charge in [-0.2, -0.15) is 0 Å². The molecule has 316 valence electrons. The zero-order valence-electron chi connectivity index (χ0n) is 34.2. The Morgan fingerprint density at radius 1 is 0.754 bits per heavy atom. The third-order valence-corrected chi connectivity index (χ3v) is 14.0. The summed E-state index contributed by atoms with van der Waals surface area (Å²) in [6.07, 6.45) is 3.97. The number of piperazine rings is 1. The lowest BCUT2D eigenvalue weighted by Gasteiger charge is -2.36. The summed E-state index contributed by atoms with van der Waals surface area (Å²) in [5.41, 5.74) is 4.90. The number of benzene rings is 4. The van der Waals surface area contributed by atoms with Gasteiger partial charge in [0.05, 0.1) is 0 Å². The van der Waals surface area contributed by atoms with Crippen molar-refractivity contribution < 1.29 is 34.1 Å². The van der Waals surface area contributed by atoms with Crippen LogP contribution in [0.3, 0.4) is 0 Å². The van der Waals surface area contributed by atoms with Crippen LogP contribution in [0.5, 0.6) is 17.2 Å². The van der Waals surface area contributed by atoms with Gasteiger partial charge in [-0.05, 0) is 147 Å². The molecule has 0 aliphatic carbocycles. The number of amides is 3. The molecule has 5 aromatic rings. The number of nitrogens with one attached hydrogen (secondary N) is 1. The SMILES string of the molecule is O=C1CCC(N2Cc3cc(C4CCN(CCCN5CCN(CCOc6ccc(C(=O)c7c(-c8ccc(O)cc8)sc8cc(O)ccc78)cc6)CC5)CC4)ccc3C2=O)C(=O)N1. The molecule has 61 heavy (non-hydrogen) atoms. The molecule has 0 saturated carbocycles. The number of carbonyl (C=O) groups excluding carboxylic acids is 4. The van der Waals surface area contributed by atoms with Gasteiger partial charge in [0.25, 0.3) is 5.91 Å². The second-order valence-corrected chi connectivity index (χ2v) is 17.8. The number of piperidine rings is 2. The number of rotatable bonds is 13. The van der Waals surface area contributed by atoms with E-state index in [0.29, 0.717) is 42.2 Å². The molecule has 4 aromatic carbocycles. The van der Waals surface area contributed by atoms with Crippen LogP contribution in [-0.2, 0) is 16.1 Å². The molecule has 1 aromatic heterocycles. The van der Waals surface area contributed by atoms with Crippen LogP contribution in [0, 0.1) is 0 Å². The van der Waals surface area contributed by atoms with Crippen LogP contribution < -0.4 is 10.1 Å². The highest BCUT2D eigenvalue weighted by Crippen LogP contribution is 2.42. The van der Waals surface area contributed by atoms with Crippen molar-refractivity contribution in [2.45, 2.75) is 50.6 Å². The molecule has 0 bridgehead atoms. The van der Waals surface area contributed by atoms with Crippen molar-refractivity contribution in [2.75, 3.05) is 65.5 Å². The summed E-state index contributed by atoms with van der Waals surface area (Å²) in [5, 5.41) is 23.1. The van der Waals surface area contributed by atoms with Gasteiger partial charge in [0.15, 0.2) is 5.78 Å². The Morgan fingerprint density at radius 2 is 1.44 bits per heavy atom. The molecule has 0 spiro atoms. The minimum Gasteiger partial charge on any atom is -0.508 e. The average molecular weight is 842 g/mol. The van der Waals surface area contributed by atoms with Gasteiger partial charge in [0.1, 0.15) is 29.9 Å². The number of carbonyl (C=O) groups is 4. The zero-order chi connectivity index (χ0) is 42.0. The van der Waals surface area contributed by atoms with Crippen molar-refractivity contribution in [3.8, 4) is 27.7 Å². The number of ether oxygens (including phenoxy) is 1. The second-order valence-electron chi connectivity index (χ2n) is 16.7. The number of aromatic hydroxyl groups is 2. The van der Waals surface area contributed by atoms with E-state index in [9.17, 15) is 29.4 Å². The van der Waals surface area contributed by atoms with Gasteiger partial charge in [-0.3, -0.25) is 29.4 Å². The molecule has 9 rings (SSSR count). The third-order valence-electron chi connectivity index (χ3n) is 12.8. The molecule has 5 heterocycles. The maximum absolute atomic E-state index is 13.9. The molecule has 4 aliphatic heterocycles. The highest BCUT2D eigenvalue weighted by molar-refractivity contribution is 7.22. The largest absolute Gasteiger partial charge is 0.508 e. The van der Waals surface area contributed by atoms with Gasteiger partial charge in [0, 0.05) is 77.3 Å². The van der Waals surface area contributed by atoms with Crippen LogP contribution in [0.15, 0.2) is 84.9 Å². The van der Waals surface area contributed by atoms with Crippen LogP contribution >= 0.6 is 11.3 Å². The van der Waals surface area contributed by atoms with Gasteiger partial charge in [0.2, 0.25) is 11.8 Å². The van der Waals surface area contributed by atoms with Crippen LogP contribution in [0.25, 0.3) is 20.5 Å². The first kappa shape index (κ1) is 40.8. The van der Waals surface area contributed by atoms with E-state index in [1.807, 2.05) is 30.3 Å². The van der Waals surface area contributed by atoms with Gasteiger partial charge in [-0.15, -0.1) is 11.3 Å². The van der Waals surface area contributed by atoms with Crippen molar-refractivity contribution in [3.05, 3.63) is 113 Å². The predicted molar refractivity (Wildman–Crippen MR) is 234 cm³/mol. The number of hydrogen-bond donors (Lipinski definition) is 3. The molecule has 3 N–H and O–H groups in total. The summed E-state index contributed by atoms with van der Waals surface area (Å²) < 4.78 is 6.93. The van der Waals surface area contributed by atoms with E-state index >= 15 is 0 Å². The van der Waals surface area contributed by atoms with Crippen LogP contribution in [0.2, 0.25) is 0 Å². The number of imide groups is 1. The van der Waals surface area contributed by atoms with E-state index in [1.165, 1.54) is 16.9 Å². The molecule has 0 radical (unpaired) electrons. The van der Waals surface area contributed by atoms with E-state index < -0.39 is 6.04 Å². The normalized spacial score (nSPS) is 19.4. The fraction of sp³-hybridized carbons (Fsp3) is 0.375. The molecule has 3 amide bonds. The predicted octanol–water partition coefficient (Wildman–Crippen LogP) is 6.24. The van der Waals surface area contributed by atoms with Crippen molar-refractivity contribution in [3.63, 3.8) is 0 Å². The van der Waals surface area contributed by atoms with Crippen molar-refractivity contribution in [1.29, 1.82) is 0 Å². The van der Waals surface area contributed by atoms with Gasteiger partial charge in [-0.1, -0.05) is 12.1 Å². The zero-order valence-corrected chi connectivity index (χ0v) is 35.0. The molecular weight excluding hydrogens is 791 g/mol. The number of hydrogen-bond acceptors (Lipinski definition) is 11. The summed E-state index contributed by atoms with van der Waals surface area (Å²) in [5.74, 6) is 0.618. The molecule has 12 nitrogen and oxygen atoms in total. The Hall–Kier alpha value is -5.60. The van der Waals surface area contributed by atoms with E-state index in [2.05, 4.69) is 32.1 Å². The fourth-order valence-electron chi connectivity index (χ4n) is 9.36. The maximum Gasteiger partial charge on any atom is 0.255 e. The molecule has 1 atom stereocenters. The molecule has 13 heteroatoms. The van der Waals surface area contributed by atoms with Crippen molar-refractivity contribution in [2.24, 2.45) is 0 Å². The van der Waals surface area contributed by atoms with E-state index in [0.717, 1.165) is 110 Å². The first-order chi connectivity index (χ1) is 29.7. The molecule has 1 unspecified atom stereocenters. The van der Waals surface area contributed by atoms with E-state index in [4.69, 9.17) is 4.74 Å². The van der Waals surface area contributed by atoms with Gasteiger partial charge < -0.3 is 29.6 Å². The highest BCUT2D eigenvalue weighted by atomic mass is 32.1. The quantitative estimate of drug-likeness (QED) is 0.0922. The Balaban J connectivity index is 0.683. The van der Waals surface area contributed by atoms with Crippen molar-refractivity contribution >= 4 is 44.9 Å². The summed E-state index contributed by atoms with van der Waals surface area (Å²) in [6.45, 7) is 10.3.